The van der Waals surface area contributed by atoms with Gasteiger partial charge in [0.1, 0.15) is 11.6 Å². The Kier molecular flexibility index (Phi) is 9.22. The molecular formula is C30H39ClN2O4S. The summed E-state index contributed by atoms with van der Waals surface area (Å²) in [5.41, 5.74) is 3.67. The number of nitrogens with one attached hydrogen (secondary N) is 1. The van der Waals surface area contributed by atoms with E-state index in [0.717, 1.165) is 59.0 Å². The molecule has 206 valence electrons. The molecule has 1 aromatic heterocycles. The minimum Gasteiger partial charge on any atom is -0.491 e. The highest BCUT2D eigenvalue weighted by Gasteiger charge is 2.32. The number of sulfone groups is 1. The maximum Gasteiger partial charge on any atom is 0.178 e. The quantitative estimate of drug-likeness (QED) is 0.365. The number of aliphatic hydroxyl groups excluding tert-OH is 1. The fourth-order valence-corrected chi connectivity index (χ4v) is 6.97. The van der Waals surface area contributed by atoms with Crippen LogP contribution in [0.25, 0.3) is 6.08 Å². The molecule has 8 heteroatoms. The van der Waals surface area contributed by atoms with Gasteiger partial charge in [0.15, 0.2) is 9.84 Å². The third kappa shape index (κ3) is 6.44. The van der Waals surface area contributed by atoms with Gasteiger partial charge in [-0.25, -0.2) is 13.4 Å². The molecule has 0 aliphatic heterocycles. The van der Waals surface area contributed by atoms with Crippen LogP contribution in [0.2, 0.25) is 0 Å². The highest BCUT2D eigenvalue weighted by molar-refractivity contribution is 7.91. The largest absolute Gasteiger partial charge is 0.491 e. The number of halogens is 1. The molecule has 1 fully saturated rings. The summed E-state index contributed by atoms with van der Waals surface area (Å²) >= 11 is 6.76. The van der Waals surface area contributed by atoms with E-state index in [0.29, 0.717) is 23.1 Å². The molecule has 1 aromatic carbocycles. The number of hydrogen-bond acceptors (Lipinski definition) is 5. The molecule has 1 heterocycles. The number of aromatic amines is 1. The molecule has 0 radical (unpaired) electrons. The molecule has 2 atom stereocenters. The molecule has 3 aliphatic rings. The number of fused-ring (bicyclic) bond motifs is 1. The van der Waals surface area contributed by atoms with Crippen LogP contribution in [0.15, 0.2) is 57.7 Å². The second-order valence-corrected chi connectivity index (χ2v) is 12.7. The third-order valence-corrected chi connectivity index (χ3v) is 9.31. The highest BCUT2D eigenvalue weighted by atomic mass is 35.5. The summed E-state index contributed by atoms with van der Waals surface area (Å²) in [6.45, 7) is 7.89. The number of imidazole rings is 1. The first-order valence-corrected chi connectivity index (χ1v) is 15.7. The summed E-state index contributed by atoms with van der Waals surface area (Å²) in [4.78, 5) is 8.51. The number of aliphatic hydroxyl groups is 1. The molecule has 0 amide bonds. The van der Waals surface area contributed by atoms with Crippen LogP contribution >= 0.6 is 11.6 Å². The number of nitrogens with zero attached hydrogens (tertiary/aromatic N) is 1. The fraction of sp³-hybridized carbons (Fsp3) is 0.500. The van der Waals surface area contributed by atoms with Crippen molar-refractivity contribution in [2.45, 2.75) is 76.7 Å². The monoisotopic (exact) mass is 558 g/mol. The van der Waals surface area contributed by atoms with Crippen molar-refractivity contribution in [3.8, 4) is 0 Å². The lowest BCUT2D eigenvalue weighted by molar-refractivity contribution is 0.149. The number of allylic oxidation sites excluding steroid dienone is 4. The van der Waals surface area contributed by atoms with Crippen LogP contribution in [0.3, 0.4) is 0 Å². The average molecular weight is 559 g/mol. The van der Waals surface area contributed by atoms with Crippen molar-refractivity contribution in [1.82, 2.24) is 9.97 Å². The summed E-state index contributed by atoms with van der Waals surface area (Å²) in [7, 11) is -3.28. The first kappa shape index (κ1) is 28.7. The summed E-state index contributed by atoms with van der Waals surface area (Å²) in [6.07, 6.45) is 10.9. The Labute approximate surface area is 231 Å². The van der Waals surface area contributed by atoms with E-state index in [4.69, 9.17) is 21.3 Å². The minimum atomic E-state index is -3.28. The second-order valence-electron chi connectivity index (χ2n) is 10.3. The predicted octanol–water partition coefficient (Wildman–Crippen LogP) is 6.52. The minimum absolute atomic E-state index is 0.0127. The van der Waals surface area contributed by atoms with E-state index < -0.39 is 15.8 Å². The van der Waals surface area contributed by atoms with Crippen molar-refractivity contribution in [2.24, 2.45) is 11.8 Å². The van der Waals surface area contributed by atoms with E-state index >= 15 is 0 Å². The third-order valence-electron chi connectivity index (χ3n) is 7.03. The molecule has 2 N–H and O–H groups in total. The zero-order valence-corrected chi connectivity index (χ0v) is 24.3. The number of benzene rings is 1. The van der Waals surface area contributed by atoms with Gasteiger partial charge in [-0.1, -0.05) is 43.7 Å². The normalized spacial score (nSPS) is 20.0. The number of hydrogen-bond donors (Lipinski definition) is 2. The lowest BCUT2D eigenvalue weighted by atomic mass is 9.85. The van der Waals surface area contributed by atoms with E-state index in [1.165, 1.54) is 0 Å². The molecule has 38 heavy (non-hydrogen) atoms. The van der Waals surface area contributed by atoms with Crippen LogP contribution in [0.5, 0.6) is 0 Å². The summed E-state index contributed by atoms with van der Waals surface area (Å²) in [6, 6.07) is 6.84. The number of H-pyrrole nitrogens is 1. The van der Waals surface area contributed by atoms with Crippen LogP contribution < -0.4 is 0 Å². The molecule has 2 aromatic rings. The highest BCUT2D eigenvalue weighted by Crippen LogP contribution is 2.40. The molecular weight excluding hydrogens is 520 g/mol. The van der Waals surface area contributed by atoms with Crippen LogP contribution in [0, 0.1) is 11.8 Å². The van der Waals surface area contributed by atoms with Crippen LogP contribution in [-0.2, 0) is 21.0 Å². The van der Waals surface area contributed by atoms with Gasteiger partial charge >= 0.3 is 0 Å². The number of ether oxygens (including phenoxy) is 1. The Bertz CT molecular complexity index is 1320. The molecule has 0 saturated heterocycles. The van der Waals surface area contributed by atoms with Crippen molar-refractivity contribution in [3.05, 3.63) is 75.6 Å². The molecule has 0 spiro atoms. The van der Waals surface area contributed by atoms with Gasteiger partial charge in [0.05, 0.1) is 35.0 Å². The van der Waals surface area contributed by atoms with Gasteiger partial charge in [0, 0.05) is 23.1 Å². The first-order valence-electron chi connectivity index (χ1n) is 13.7. The maximum atomic E-state index is 12.6. The lowest BCUT2D eigenvalue weighted by Gasteiger charge is -2.27. The molecule has 6 nitrogen and oxygen atoms in total. The molecule has 3 aliphatic carbocycles. The standard InChI is InChI=1S/C28H33ClN2O4S.C2H6/c1-17(2)35-27-6-4-3-5-21(27)22-13-25-26(14-24(22)29)31-28(30-25)23(15-32)19-9-11-20(12-10-19)36(33,34)16-18-7-8-18;1-2/h5-6,9-12,14,17-18,22-23,32H,3-4,7-8,13,15-16H2,1-2H3,(H,30,31);1-2H3. The zero-order valence-electron chi connectivity index (χ0n) is 22.7. The Hall–Kier alpha value is -2.35. The first-order chi connectivity index (χ1) is 18.2. The second kappa shape index (κ2) is 12.2. The van der Waals surface area contributed by atoms with E-state index in [1.807, 2.05) is 33.8 Å². The maximum absolute atomic E-state index is 12.6. The van der Waals surface area contributed by atoms with Crippen molar-refractivity contribution in [2.75, 3.05) is 12.4 Å². The van der Waals surface area contributed by atoms with Gasteiger partial charge < -0.3 is 14.8 Å². The zero-order chi connectivity index (χ0) is 27.4. The summed E-state index contributed by atoms with van der Waals surface area (Å²) in [5.74, 6) is 1.65. The molecule has 2 unspecified atom stereocenters. The SMILES string of the molecule is CC.CC(C)OC1=CCCC=C1C1Cc2[nH]c(C(CO)c3ccc(S(=O)(=O)CC4CC4)cc3)nc2C=C1Cl. The van der Waals surface area contributed by atoms with Crippen molar-refractivity contribution in [3.63, 3.8) is 0 Å². The van der Waals surface area contributed by atoms with Crippen molar-refractivity contribution < 1.29 is 18.3 Å². The van der Waals surface area contributed by atoms with Gasteiger partial charge in [-0.2, -0.15) is 0 Å². The van der Waals surface area contributed by atoms with Crippen LogP contribution in [0.4, 0.5) is 0 Å². The number of rotatable bonds is 9. The van der Waals surface area contributed by atoms with Gasteiger partial charge in [0.2, 0.25) is 0 Å². The van der Waals surface area contributed by atoms with Gasteiger partial charge in [-0.05, 0) is 80.9 Å². The van der Waals surface area contributed by atoms with E-state index in [1.54, 1.807) is 24.3 Å². The summed E-state index contributed by atoms with van der Waals surface area (Å²) < 4.78 is 31.3. The van der Waals surface area contributed by atoms with Gasteiger partial charge in [0.25, 0.3) is 0 Å². The van der Waals surface area contributed by atoms with Crippen LogP contribution in [-0.4, -0.2) is 42.0 Å². The smallest absolute Gasteiger partial charge is 0.178 e. The molecule has 0 bridgehead atoms. The van der Waals surface area contributed by atoms with E-state index in [9.17, 15) is 13.5 Å². The number of aromatic nitrogens is 2. The lowest BCUT2D eigenvalue weighted by Crippen LogP contribution is -2.18. The average Bonchev–Trinajstić information content (AvgIpc) is 3.61. The molecule has 1 saturated carbocycles. The topological polar surface area (TPSA) is 92.3 Å². The van der Waals surface area contributed by atoms with Crippen molar-refractivity contribution >= 4 is 27.5 Å². The fourth-order valence-electron chi connectivity index (χ4n) is 4.98. The Morgan fingerprint density at radius 2 is 1.82 bits per heavy atom. The summed E-state index contributed by atoms with van der Waals surface area (Å²) in [5, 5.41) is 10.9. The van der Waals surface area contributed by atoms with Crippen LogP contribution in [0.1, 0.15) is 82.1 Å². The Morgan fingerprint density at radius 1 is 1.13 bits per heavy atom. The van der Waals surface area contributed by atoms with Gasteiger partial charge in [-0.15, -0.1) is 0 Å². The van der Waals surface area contributed by atoms with Gasteiger partial charge in [-0.3, -0.25) is 0 Å². The molecule has 5 rings (SSSR count). The Balaban J connectivity index is 0.00000164. The Morgan fingerprint density at radius 3 is 2.45 bits per heavy atom. The predicted molar refractivity (Wildman–Crippen MR) is 153 cm³/mol. The van der Waals surface area contributed by atoms with E-state index in [2.05, 4.69) is 17.1 Å². The van der Waals surface area contributed by atoms with E-state index in [-0.39, 0.29) is 24.4 Å². The van der Waals surface area contributed by atoms with Crippen molar-refractivity contribution in [1.29, 1.82) is 0 Å².